The second kappa shape index (κ2) is 7.36. The van der Waals surface area contributed by atoms with Gasteiger partial charge in [-0.2, -0.15) is 0 Å². The summed E-state index contributed by atoms with van der Waals surface area (Å²) in [5.41, 5.74) is 0. The lowest BCUT2D eigenvalue weighted by atomic mass is 10.2. The second-order valence-electron chi connectivity index (χ2n) is 5.24. The highest BCUT2D eigenvalue weighted by Gasteiger charge is 2.25. The first kappa shape index (κ1) is 15.0. The van der Waals surface area contributed by atoms with Gasteiger partial charge in [0, 0.05) is 26.1 Å². The van der Waals surface area contributed by atoms with Gasteiger partial charge in [-0.3, -0.25) is 9.59 Å². The molecule has 0 aromatic heterocycles. The molecule has 5 nitrogen and oxygen atoms in total. The van der Waals surface area contributed by atoms with Crippen molar-refractivity contribution in [1.82, 2.24) is 15.1 Å². The minimum Gasteiger partial charge on any atom is -0.353 e. The summed E-state index contributed by atoms with van der Waals surface area (Å²) in [6.45, 7) is 3.19. The Labute approximate surface area is 110 Å². The zero-order valence-corrected chi connectivity index (χ0v) is 11.7. The van der Waals surface area contributed by atoms with Crippen LogP contribution in [0.4, 0.5) is 0 Å². The maximum Gasteiger partial charge on any atom is 0.239 e. The van der Waals surface area contributed by atoms with E-state index in [1.54, 1.807) is 11.8 Å². The summed E-state index contributed by atoms with van der Waals surface area (Å²) in [5.74, 6) is -0.0522. The van der Waals surface area contributed by atoms with E-state index in [4.69, 9.17) is 0 Å². The highest BCUT2D eigenvalue weighted by molar-refractivity contribution is 5.83. The zero-order chi connectivity index (χ0) is 13.5. The number of hydrogen-bond donors (Lipinski definition) is 1. The molecule has 104 valence electrons. The van der Waals surface area contributed by atoms with E-state index in [1.165, 1.54) is 0 Å². The Bertz CT molecular complexity index is 286. The minimum absolute atomic E-state index is 0.00431. The number of carbonyl (C=O) groups excluding carboxylic acids is 2. The Hall–Kier alpha value is -1.10. The van der Waals surface area contributed by atoms with Gasteiger partial charge in [-0.15, -0.1) is 0 Å². The molecular weight excluding hydrogens is 230 g/mol. The number of likely N-dealkylation sites (N-methyl/N-ethyl adjacent to an activating group) is 1. The number of nitrogens with zero attached hydrogens (tertiary/aromatic N) is 2. The Kier molecular flexibility index (Phi) is 6.12. The van der Waals surface area contributed by atoms with Crippen molar-refractivity contribution >= 4 is 11.8 Å². The average molecular weight is 255 g/mol. The fraction of sp³-hybridized carbons (Fsp3) is 0.846. The third kappa shape index (κ3) is 5.04. The molecule has 1 aliphatic carbocycles. The number of rotatable bonds is 6. The van der Waals surface area contributed by atoms with Crippen LogP contribution >= 0.6 is 0 Å². The van der Waals surface area contributed by atoms with Crippen LogP contribution < -0.4 is 5.32 Å². The molecule has 0 unspecified atom stereocenters. The molecule has 2 amide bonds. The van der Waals surface area contributed by atoms with Crippen LogP contribution in [0.5, 0.6) is 0 Å². The van der Waals surface area contributed by atoms with Crippen LogP contribution in [0.2, 0.25) is 0 Å². The third-order valence-electron chi connectivity index (χ3n) is 3.37. The topological polar surface area (TPSA) is 52.7 Å². The van der Waals surface area contributed by atoms with E-state index >= 15 is 0 Å². The fourth-order valence-corrected chi connectivity index (χ4v) is 2.34. The summed E-state index contributed by atoms with van der Waals surface area (Å²) in [7, 11) is 3.93. The first-order valence-electron chi connectivity index (χ1n) is 6.69. The van der Waals surface area contributed by atoms with Crippen molar-refractivity contribution in [2.24, 2.45) is 0 Å². The van der Waals surface area contributed by atoms with Crippen molar-refractivity contribution in [1.29, 1.82) is 0 Å². The van der Waals surface area contributed by atoms with E-state index in [-0.39, 0.29) is 24.4 Å². The first-order valence-corrected chi connectivity index (χ1v) is 6.69. The lowest BCUT2D eigenvalue weighted by molar-refractivity contribution is -0.136. The average Bonchev–Trinajstić information content (AvgIpc) is 2.78. The van der Waals surface area contributed by atoms with Gasteiger partial charge in [-0.05, 0) is 26.9 Å². The van der Waals surface area contributed by atoms with Gasteiger partial charge in [-0.1, -0.05) is 12.8 Å². The number of nitrogens with one attached hydrogen (secondary N) is 1. The summed E-state index contributed by atoms with van der Waals surface area (Å²) < 4.78 is 0. The van der Waals surface area contributed by atoms with Gasteiger partial charge in [0.05, 0.1) is 6.54 Å². The van der Waals surface area contributed by atoms with Gasteiger partial charge < -0.3 is 15.1 Å². The minimum atomic E-state index is -0.0565. The molecule has 0 spiro atoms. The highest BCUT2D eigenvalue weighted by Crippen LogP contribution is 2.23. The molecule has 0 heterocycles. The second-order valence-corrected chi connectivity index (χ2v) is 5.24. The molecule has 1 aliphatic rings. The van der Waals surface area contributed by atoms with E-state index in [2.05, 4.69) is 5.32 Å². The summed E-state index contributed by atoms with van der Waals surface area (Å²) in [4.78, 5) is 27.1. The van der Waals surface area contributed by atoms with Crippen LogP contribution in [0.15, 0.2) is 0 Å². The first-order chi connectivity index (χ1) is 8.50. The molecule has 1 fully saturated rings. The Morgan fingerprint density at radius 3 is 2.33 bits per heavy atom. The number of carbonyl (C=O) groups is 2. The SMILES string of the molecule is CC(=O)N(CC(=O)NCCN(C)C)C1CCCC1. The van der Waals surface area contributed by atoms with E-state index in [1.807, 2.05) is 19.0 Å². The molecule has 0 saturated heterocycles. The van der Waals surface area contributed by atoms with Crippen molar-refractivity contribution in [2.75, 3.05) is 33.7 Å². The van der Waals surface area contributed by atoms with Gasteiger partial charge in [0.2, 0.25) is 11.8 Å². The van der Waals surface area contributed by atoms with E-state index < -0.39 is 0 Å². The fourth-order valence-electron chi connectivity index (χ4n) is 2.34. The van der Waals surface area contributed by atoms with Crippen molar-refractivity contribution in [2.45, 2.75) is 38.6 Å². The molecule has 18 heavy (non-hydrogen) atoms. The molecule has 1 saturated carbocycles. The summed E-state index contributed by atoms with van der Waals surface area (Å²) >= 11 is 0. The van der Waals surface area contributed by atoms with Gasteiger partial charge in [0.25, 0.3) is 0 Å². The van der Waals surface area contributed by atoms with Crippen LogP contribution in [-0.2, 0) is 9.59 Å². The molecule has 0 bridgehead atoms. The number of amides is 2. The van der Waals surface area contributed by atoms with Crippen LogP contribution in [0, 0.1) is 0 Å². The zero-order valence-electron chi connectivity index (χ0n) is 11.7. The van der Waals surface area contributed by atoms with Gasteiger partial charge in [0.1, 0.15) is 0 Å². The van der Waals surface area contributed by atoms with E-state index in [9.17, 15) is 9.59 Å². The van der Waals surface area contributed by atoms with E-state index in [0.29, 0.717) is 6.54 Å². The Morgan fingerprint density at radius 2 is 1.83 bits per heavy atom. The molecule has 1 N–H and O–H groups in total. The lowest BCUT2D eigenvalue weighted by Gasteiger charge is -2.27. The van der Waals surface area contributed by atoms with Gasteiger partial charge >= 0.3 is 0 Å². The molecule has 0 aromatic carbocycles. The highest BCUT2D eigenvalue weighted by atomic mass is 16.2. The van der Waals surface area contributed by atoms with Crippen LogP contribution in [-0.4, -0.2) is 61.4 Å². The van der Waals surface area contributed by atoms with Gasteiger partial charge in [-0.25, -0.2) is 0 Å². The maximum absolute atomic E-state index is 11.8. The summed E-state index contributed by atoms with van der Waals surface area (Å²) in [5, 5.41) is 2.85. The van der Waals surface area contributed by atoms with Crippen molar-refractivity contribution in [3.05, 3.63) is 0 Å². The Balaban J connectivity index is 2.36. The largest absolute Gasteiger partial charge is 0.353 e. The predicted molar refractivity (Wildman–Crippen MR) is 71.2 cm³/mol. The van der Waals surface area contributed by atoms with Crippen molar-refractivity contribution in [3.8, 4) is 0 Å². The quantitative estimate of drug-likeness (QED) is 0.750. The monoisotopic (exact) mass is 255 g/mol. The van der Waals surface area contributed by atoms with E-state index in [0.717, 1.165) is 32.2 Å². The smallest absolute Gasteiger partial charge is 0.239 e. The van der Waals surface area contributed by atoms with Crippen LogP contribution in [0.25, 0.3) is 0 Å². The Morgan fingerprint density at radius 1 is 1.22 bits per heavy atom. The van der Waals surface area contributed by atoms with Gasteiger partial charge in [0.15, 0.2) is 0 Å². The number of hydrogen-bond acceptors (Lipinski definition) is 3. The molecule has 0 aromatic rings. The molecular formula is C13H25N3O2. The van der Waals surface area contributed by atoms with Crippen molar-refractivity contribution < 1.29 is 9.59 Å². The van der Waals surface area contributed by atoms with Crippen LogP contribution in [0.1, 0.15) is 32.6 Å². The summed E-state index contributed by atoms with van der Waals surface area (Å²) in [6.07, 6.45) is 4.39. The lowest BCUT2D eigenvalue weighted by Crippen LogP contribution is -2.45. The van der Waals surface area contributed by atoms with Crippen LogP contribution in [0.3, 0.4) is 0 Å². The maximum atomic E-state index is 11.8. The molecule has 5 heteroatoms. The van der Waals surface area contributed by atoms with Crippen molar-refractivity contribution in [3.63, 3.8) is 0 Å². The normalized spacial score (nSPS) is 16.0. The predicted octanol–water partition coefficient (Wildman–Crippen LogP) is 0.455. The molecule has 0 radical (unpaired) electrons. The summed E-state index contributed by atoms with van der Waals surface area (Å²) in [6, 6.07) is 0.266. The third-order valence-corrected chi connectivity index (χ3v) is 3.37. The molecule has 1 rings (SSSR count). The standard InChI is InChI=1S/C13H25N3O2/c1-11(17)16(12-6-4-5-7-12)10-13(18)14-8-9-15(2)3/h12H,4-10H2,1-3H3,(H,14,18). The molecule has 0 aliphatic heterocycles. The molecule has 0 atom stereocenters.